The minimum atomic E-state index is 0.0376. The zero-order valence-corrected chi connectivity index (χ0v) is 6.03. The van der Waals surface area contributed by atoms with Crippen LogP contribution in [0.4, 0.5) is 0 Å². The number of hydrogen-bond acceptors (Lipinski definition) is 2. The van der Waals surface area contributed by atoms with Crippen molar-refractivity contribution < 1.29 is 9.36 Å². The first-order valence-corrected chi connectivity index (χ1v) is 3.02. The average Bonchev–Trinajstić information content (AvgIpc) is 1.88. The van der Waals surface area contributed by atoms with Crippen molar-refractivity contribution in [1.82, 2.24) is 4.98 Å². The van der Waals surface area contributed by atoms with Gasteiger partial charge in [0.15, 0.2) is 6.20 Å². The van der Waals surface area contributed by atoms with Gasteiger partial charge in [-0.15, -0.1) is 0 Å². The van der Waals surface area contributed by atoms with E-state index in [1.165, 1.54) is 6.92 Å². The van der Waals surface area contributed by atoms with E-state index >= 15 is 0 Å². The van der Waals surface area contributed by atoms with Gasteiger partial charge in [0.1, 0.15) is 13.2 Å². The lowest BCUT2D eigenvalue weighted by atomic mass is 10.3. The largest absolute Gasteiger partial charge is 0.288 e. The summed E-state index contributed by atoms with van der Waals surface area (Å²) in [5, 5.41) is 0. The number of carbonyl (C=O) groups is 1. The SMILES string of the molecule is CC(=O)c1cncc[n+]1C. The molecule has 1 aromatic rings. The standard InChI is InChI=1S/C7H9N2O/c1-6(10)7-5-8-3-4-9(7)2/h3-5H,1-2H3/q+1. The van der Waals surface area contributed by atoms with E-state index in [1.807, 2.05) is 7.05 Å². The first-order chi connectivity index (χ1) is 4.72. The van der Waals surface area contributed by atoms with E-state index in [-0.39, 0.29) is 5.78 Å². The van der Waals surface area contributed by atoms with Crippen LogP contribution in [0.1, 0.15) is 17.4 Å². The van der Waals surface area contributed by atoms with Crippen LogP contribution in [0.2, 0.25) is 0 Å². The Morgan fingerprint density at radius 3 is 2.80 bits per heavy atom. The van der Waals surface area contributed by atoms with E-state index in [0.717, 1.165) is 0 Å². The van der Waals surface area contributed by atoms with Crippen molar-refractivity contribution in [3.63, 3.8) is 0 Å². The molecule has 0 spiro atoms. The van der Waals surface area contributed by atoms with Crippen molar-refractivity contribution in [2.75, 3.05) is 0 Å². The Bertz CT molecular complexity index is 258. The normalized spacial score (nSPS) is 9.40. The molecule has 10 heavy (non-hydrogen) atoms. The predicted molar refractivity (Wildman–Crippen MR) is 35.4 cm³/mol. The van der Waals surface area contributed by atoms with Crippen LogP contribution < -0.4 is 4.57 Å². The predicted octanol–water partition coefficient (Wildman–Crippen LogP) is 0.109. The maximum atomic E-state index is 10.8. The summed E-state index contributed by atoms with van der Waals surface area (Å²) in [4.78, 5) is 14.6. The van der Waals surface area contributed by atoms with E-state index < -0.39 is 0 Å². The third kappa shape index (κ3) is 1.18. The molecule has 0 amide bonds. The molecule has 1 heterocycles. The smallest absolute Gasteiger partial charge is 0.266 e. The van der Waals surface area contributed by atoms with Gasteiger partial charge in [-0.25, -0.2) is 0 Å². The summed E-state index contributed by atoms with van der Waals surface area (Å²) in [7, 11) is 1.82. The van der Waals surface area contributed by atoms with Gasteiger partial charge < -0.3 is 0 Å². The van der Waals surface area contributed by atoms with Crippen molar-refractivity contribution >= 4 is 5.78 Å². The summed E-state index contributed by atoms with van der Waals surface area (Å²) >= 11 is 0. The van der Waals surface area contributed by atoms with Gasteiger partial charge in [-0.05, 0) is 0 Å². The second-order valence-corrected chi connectivity index (χ2v) is 2.13. The lowest BCUT2D eigenvalue weighted by Crippen LogP contribution is -2.35. The Labute approximate surface area is 59.3 Å². The molecule has 0 bridgehead atoms. The molecule has 52 valence electrons. The number of ketones is 1. The molecule has 1 aromatic heterocycles. The van der Waals surface area contributed by atoms with Crippen molar-refractivity contribution in [3.8, 4) is 0 Å². The molecular weight excluding hydrogens is 128 g/mol. The second kappa shape index (κ2) is 2.56. The van der Waals surface area contributed by atoms with E-state index in [2.05, 4.69) is 4.98 Å². The molecule has 0 saturated heterocycles. The molecule has 0 unspecified atom stereocenters. The second-order valence-electron chi connectivity index (χ2n) is 2.13. The molecule has 3 nitrogen and oxygen atoms in total. The van der Waals surface area contributed by atoms with Crippen LogP contribution in [-0.4, -0.2) is 10.8 Å². The highest BCUT2D eigenvalue weighted by Gasteiger charge is 2.09. The van der Waals surface area contributed by atoms with Crippen LogP contribution in [0, 0.1) is 0 Å². The highest BCUT2D eigenvalue weighted by atomic mass is 16.1. The Hall–Kier alpha value is -1.25. The Kier molecular flexibility index (Phi) is 1.76. The average molecular weight is 137 g/mol. The molecule has 0 fully saturated rings. The summed E-state index contributed by atoms with van der Waals surface area (Å²) in [6.45, 7) is 1.52. The molecule has 0 radical (unpaired) electrons. The summed E-state index contributed by atoms with van der Waals surface area (Å²) < 4.78 is 1.75. The molecule has 0 aliphatic carbocycles. The Morgan fingerprint density at radius 2 is 2.40 bits per heavy atom. The summed E-state index contributed by atoms with van der Waals surface area (Å²) in [6.07, 6.45) is 4.95. The van der Waals surface area contributed by atoms with Gasteiger partial charge >= 0.3 is 0 Å². The number of hydrogen-bond donors (Lipinski definition) is 0. The van der Waals surface area contributed by atoms with Gasteiger partial charge in [0.05, 0.1) is 6.20 Å². The highest BCUT2D eigenvalue weighted by molar-refractivity contribution is 5.90. The minimum Gasteiger partial charge on any atom is -0.288 e. The van der Waals surface area contributed by atoms with Gasteiger partial charge in [0.25, 0.3) is 5.69 Å². The van der Waals surface area contributed by atoms with Crippen molar-refractivity contribution in [2.45, 2.75) is 6.92 Å². The Morgan fingerprint density at radius 1 is 1.70 bits per heavy atom. The third-order valence-corrected chi connectivity index (χ3v) is 1.31. The number of aryl methyl sites for hydroxylation is 1. The summed E-state index contributed by atoms with van der Waals surface area (Å²) in [6, 6.07) is 0. The molecule has 0 N–H and O–H groups in total. The molecule has 3 heteroatoms. The van der Waals surface area contributed by atoms with Crippen LogP contribution in [0.5, 0.6) is 0 Å². The van der Waals surface area contributed by atoms with Gasteiger partial charge in [0, 0.05) is 6.92 Å². The quantitative estimate of drug-likeness (QED) is 0.406. The Balaban J connectivity index is 3.15. The number of carbonyl (C=O) groups excluding carboxylic acids is 1. The van der Waals surface area contributed by atoms with E-state index in [1.54, 1.807) is 23.2 Å². The fraction of sp³-hybridized carbons (Fsp3) is 0.286. The van der Waals surface area contributed by atoms with Crippen LogP contribution in [0.25, 0.3) is 0 Å². The molecule has 0 aromatic carbocycles. The first-order valence-electron chi connectivity index (χ1n) is 3.02. The molecule has 0 saturated carbocycles. The van der Waals surface area contributed by atoms with Gasteiger partial charge in [-0.2, -0.15) is 4.57 Å². The summed E-state index contributed by atoms with van der Waals surface area (Å²) in [5.41, 5.74) is 0.627. The van der Waals surface area contributed by atoms with Crippen LogP contribution in [0.15, 0.2) is 18.6 Å². The van der Waals surface area contributed by atoms with Crippen molar-refractivity contribution in [2.24, 2.45) is 7.05 Å². The highest BCUT2D eigenvalue weighted by Crippen LogP contribution is 1.86. The van der Waals surface area contributed by atoms with Gasteiger partial charge in [-0.1, -0.05) is 0 Å². The van der Waals surface area contributed by atoms with E-state index in [0.29, 0.717) is 5.69 Å². The number of Topliss-reactive ketones (excluding diaryl/α,β-unsaturated/α-hetero) is 1. The number of aromatic nitrogens is 2. The zero-order chi connectivity index (χ0) is 7.56. The molecule has 0 atom stereocenters. The fourth-order valence-corrected chi connectivity index (χ4v) is 0.763. The first kappa shape index (κ1) is 6.86. The molecule has 1 rings (SSSR count). The van der Waals surface area contributed by atoms with Crippen LogP contribution >= 0.6 is 0 Å². The molecular formula is C7H9N2O+. The molecule has 0 aliphatic heterocycles. The number of rotatable bonds is 1. The summed E-state index contributed by atoms with van der Waals surface area (Å²) in [5.74, 6) is 0.0376. The van der Waals surface area contributed by atoms with E-state index in [4.69, 9.17) is 0 Å². The molecule has 0 aliphatic rings. The van der Waals surface area contributed by atoms with Crippen LogP contribution in [0.3, 0.4) is 0 Å². The lowest BCUT2D eigenvalue weighted by molar-refractivity contribution is -0.673. The van der Waals surface area contributed by atoms with E-state index in [9.17, 15) is 4.79 Å². The lowest BCUT2D eigenvalue weighted by Gasteiger charge is -1.90. The monoisotopic (exact) mass is 137 g/mol. The maximum Gasteiger partial charge on any atom is 0.266 e. The third-order valence-electron chi connectivity index (χ3n) is 1.31. The topological polar surface area (TPSA) is 33.8 Å². The zero-order valence-electron chi connectivity index (χ0n) is 6.03. The maximum absolute atomic E-state index is 10.8. The fourth-order valence-electron chi connectivity index (χ4n) is 0.763. The number of nitrogens with zero attached hydrogens (tertiary/aromatic N) is 2. The van der Waals surface area contributed by atoms with Crippen LogP contribution in [-0.2, 0) is 7.05 Å². The van der Waals surface area contributed by atoms with Gasteiger partial charge in [0.2, 0.25) is 5.78 Å². The van der Waals surface area contributed by atoms with Crippen molar-refractivity contribution in [1.29, 1.82) is 0 Å². The van der Waals surface area contributed by atoms with Gasteiger partial charge in [-0.3, -0.25) is 9.78 Å². The van der Waals surface area contributed by atoms with Crippen molar-refractivity contribution in [3.05, 3.63) is 24.3 Å². The minimum absolute atomic E-state index is 0.0376.